The summed E-state index contributed by atoms with van der Waals surface area (Å²) in [5.41, 5.74) is 1.29. The molecule has 6 heteroatoms. The van der Waals surface area contributed by atoms with Crippen LogP contribution in [0.1, 0.15) is 28.9 Å². The molecule has 2 atom stereocenters. The predicted octanol–water partition coefficient (Wildman–Crippen LogP) is 2.46. The van der Waals surface area contributed by atoms with E-state index in [2.05, 4.69) is 5.32 Å². The zero-order valence-electron chi connectivity index (χ0n) is 13.5. The van der Waals surface area contributed by atoms with Gasteiger partial charge in [-0.3, -0.25) is 9.00 Å². The Morgan fingerprint density at radius 3 is 2.29 bits per heavy atom. The van der Waals surface area contributed by atoms with Crippen LogP contribution in [0.3, 0.4) is 0 Å². The minimum absolute atomic E-state index is 0.170. The average Bonchev–Trinajstić information content (AvgIpc) is 2.60. The van der Waals surface area contributed by atoms with Crippen LogP contribution < -0.4 is 5.32 Å². The van der Waals surface area contributed by atoms with Gasteiger partial charge in [0.15, 0.2) is 6.61 Å². The van der Waals surface area contributed by atoms with Crippen molar-refractivity contribution in [2.75, 3.05) is 12.9 Å². The normalized spacial score (nSPS) is 12.9. The van der Waals surface area contributed by atoms with Gasteiger partial charge >= 0.3 is 5.97 Å². The van der Waals surface area contributed by atoms with Gasteiger partial charge in [-0.15, -0.1) is 0 Å². The molecule has 2 aromatic rings. The molecule has 126 valence electrons. The molecule has 0 spiro atoms. The molecule has 0 heterocycles. The Kier molecular flexibility index (Phi) is 6.26. The molecule has 0 bridgehead atoms. The smallest absolute Gasteiger partial charge is 0.338 e. The van der Waals surface area contributed by atoms with E-state index in [1.807, 2.05) is 37.3 Å². The third kappa shape index (κ3) is 5.03. The number of nitrogens with one attached hydrogen (secondary N) is 1. The zero-order chi connectivity index (χ0) is 17.5. The highest BCUT2D eigenvalue weighted by atomic mass is 32.2. The number of ether oxygens (including phenoxy) is 1. The van der Waals surface area contributed by atoms with Gasteiger partial charge in [-0.25, -0.2) is 4.79 Å². The van der Waals surface area contributed by atoms with Crippen molar-refractivity contribution in [3.63, 3.8) is 0 Å². The molecule has 1 N–H and O–H groups in total. The molecule has 0 radical (unpaired) electrons. The number of carbonyl (C=O) groups is 2. The average molecular weight is 345 g/mol. The first-order chi connectivity index (χ1) is 11.5. The van der Waals surface area contributed by atoms with Crippen molar-refractivity contribution in [2.45, 2.75) is 17.9 Å². The van der Waals surface area contributed by atoms with Crippen molar-refractivity contribution in [2.24, 2.45) is 0 Å². The lowest BCUT2D eigenvalue weighted by Crippen LogP contribution is -2.31. The minimum atomic E-state index is -1.10. The summed E-state index contributed by atoms with van der Waals surface area (Å²) in [5.74, 6) is -0.961. The van der Waals surface area contributed by atoms with Crippen LogP contribution in [0.25, 0.3) is 0 Å². The molecular formula is C18H19NO4S. The van der Waals surface area contributed by atoms with Crippen molar-refractivity contribution in [3.8, 4) is 0 Å². The Bertz CT molecular complexity index is 728. The van der Waals surface area contributed by atoms with Crippen molar-refractivity contribution in [3.05, 3.63) is 65.7 Å². The lowest BCUT2D eigenvalue weighted by molar-refractivity contribution is -0.124. The number of hydrogen-bond acceptors (Lipinski definition) is 4. The largest absolute Gasteiger partial charge is 0.452 e. The van der Waals surface area contributed by atoms with Crippen molar-refractivity contribution in [1.29, 1.82) is 0 Å². The van der Waals surface area contributed by atoms with Gasteiger partial charge in [-0.05, 0) is 36.8 Å². The molecule has 2 unspecified atom stereocenters. The third-order valence-corrected chi connectivity index (χ3v) is 4.37. The minimum Gasteiger partial charge on any atom is -0.452 e. The maximum Gasteiger partial charge on any atom is 0.338 e. The van der Waals surface area contributed by atoms with E-state index in [4.69, 9.17) is 4.74 Å². The Balaban J connectivity index is 1.84. The zero-order valence-corrected chi connectivity index (χ0v) is 14.3. The second-order valence-electron chi connectivity index (χ2n) is 5.25. The van der Waals surface area contributed by atoms with E-state index < -0.39 is 16.8 Å². The molecule has 2 rings (SSSR count). The summed E-state index contributed by atoms with van der Waals surface area (Å²) < 4.78 is 16.3. The molecule has 0 aromatic heterocycles. The van der Waals surface area contributed by atoms with E-state index in [0.29, 0.717) is 10.5 Å². The summed E-state index contributed by atoms with van der Waals surface area (Å²) in [4.78, 5) is 24.4. The lowest BCUT2D eigenvalue weighted by atomic mass is 10.1. The summed E-state index contributed by atoms with van der Waals surface area (Å²) in [6, 6.07) is 15.6. The van der Waals surface area contributed by atoms with Crippen LogP contribution in [-0.4, -0.2) is 28.9 Å². The van der Waals surface area contributed by atoms with Crippen LogP contribution in [0, 0.1) is 0 Å². The van der Waals surface area contributed by atoms with E-state index in [0.717, 1.165) is 5.56 Å². The van der Waals surface area contributed by atoms with Crippen LogP contribution >= 0.6 is 0 Å². The Hall–Kier alpha value is -2.47. The second kappa shape index (κ2) is 8.40. The van der Waals surface area contributed by atoms with Crippen molar-refractivity contribution in [1.82, 2.24) is 5.32 Å². The first kappa shape index (κ1) is 17.9. The quantitative estimate of drug-likeness (QED) is 0.816. The van der Waals surface area contributed by atoms with Gasteiger partial charge in [-0.1, -0.05) is 30.3 Å². The van der Waals surface area contributed by atoms with Gasteiger partial charge in [0.1, 0.15) is 0 Å². The number of rotatable bonds is 6. The van der Waals surface area contributed by atoms with Gasteiger partial charge in [0, 0.05) is 22.0 Å². The van der Waals surface area contributed by atoms with E-state index in [1.165, 1.54) is 12.1 Å². The highest BCUT2D eigenvalue weighted by molar-refractivity contribution is 7.84. The van der Waals surface area contributed by atoms with E-state index in [9.17, 15) is 13.8 Å². The summed E-state index contributed by atoms with van der Waals surface area (Å²) in [6.07, 6.45) is 1.56. The van der Waals surface area contributed by atoms with Crippen molar-refractivity contribution >= 4 is 22.7 Å². The summed E-state index contributed by atoms with van der Waals surface area (Å²) >= 11 is 0. The second-order valence-corrected chi connectivity index (χ2v) is 6.63. The Labute approximate surface area is 143 Å². The molecule has 0 aliphatic carbocycles. The molecule has 2 aromatic carbocycles. The standard InChI is InChI=1S/C18H19NO4S/c1-13(14-6-4-3-5-7-14)19-17(20)12-23-18(21)15-8-10-16(11-9-15)24(2)22/h3-11,13H,12H2,1-2H3,(H,19,20). The van der Waals surface area contributed by atoms with Crippen LogP contribution in [0.4, 0.5) is 0 Å². The van der Waals surface area contributed by atoms with Crippen molar-refractivity contribution < 1.29 is 18.5 Å². The Morgan fingerprint density at radius 1 is 1.08 bits per heavy atom. The Morgan fingerprint density at radius 2 is 1.71 bits per heavy atom. The highest BCUT2D eigenvalue weighted by Gasteiger charge is 2.13. The monoisotopic (exact) mass is 345 g/mol. The number of benzene rings is 2. The number of carbonyl (C=O) groups excluding carboxylic acids is 2. The molecule has 1 amide bonds. The summed E-state index contributed by atoms with van der Waals surface area (Å²) in [7, 11) is -1.10. The predicted molar refractivity (Wildman–Crippen MR) is 92.1 cm³/mol. The van der Waals surface area contributed by atoms with E-state index in [1.54, 1.807) is 18.4 Å². The molecule has 0 saturated heterocycles. The molecule has 0 aliphatic heterocycles. The van der Waals surface area contributed by atoms with Gasteiger partial charge in [-0.2, -0.15) is 0 Å². The van der Waals surface area contributed by atoms with Crippen LogP contribution in [0.15, 0.2) is 59.5 Å². The third-order valence-electron chi connectivity index (χ3n) is 3.43. The van der Waals surface area contributed by atoms with Gasteiger partial charge in [0.25, 0.3) is 5.91 Å². The lowest BCUT2D eigenvalue weighted by Gasteiger charge is -2.14. The molecule has 0 aliphatic rings. The fraction of sp³-hybridized carbons (Fsp3) is 0.222. The van der Waals surface area contributed by atoms with Crippen LogP contribution in [0.5, 0.6) is 0 Å². The van der Waals surface area contributed by atoms with Gasteiger partial charge in [0.2, 0.25) is 0 Å². The van der Waals surface area contributed by atoms with Gasteiger partial charge < -0.3 is 10.1 Å². The first-order valence-corrected chi connectivity index (χ1v) is 8.98. The molecule has 24 heavy (non-hydrogen) atoms. The maximum atomic E-state index is 11.9. The van der Waals surface area contributed by atoms with Gasteiger partial charge in [0.05, 0.1) is 11.6 Å². The summed E-state index contributed by atoms with van der Waals surface area (Å²) in [5, 5.41) is 2.77. The van der Waals surface area contributed by atoms with Crippen LogP contribution in [0.2, 0.25) is 0 Å². The maximum absolute atomic E-state index is 11.9. The highest BCUT2D eigenvalue weighted by Crippen LogP contribution is 2.11. The number of esters is 1. The fourth-order valence-electron chi connectivity index (χ4n) is 2.11. The number of hydrogen-bond donors (Lipinski definition) is 1. The van der Waals surface area contributed by atoms with E-state index in [-0.39, 0.29) is 18.6 Å². The molecule has 5 nitrogen and oxygen atoms in total. The van der Waals surface area contributed by atoms with E-state index >= 15 is 0 Å². The SMILES string of the molecule is CC(NC(=O)COC(=O)c1ccc(S(C)=O)cc1)c1ccccc1. The fourth-order valence-corrected chi connectivity index (χ4v) is 2.62. The molecule has 0 saturated carbocycles. The van der Waals surface area contributed by atoms with Crippen LogP contribution in [-0.2, 0) is 20.3 Å². The summed E-state index contributed by atoms with van der Waals surface area (Å²) in [6.45, 7) is 1.51. The molecular weight excluding hydrogens is 326 g/mol. The topological polar surface area (TPSA) is 72.5 Å². The molecule has 0 fully saturated rings. The number of amides is 1. The first-order valence-electron chi connectivity index (χ1n) is 7.42.